The molecule has 0 rings (SSSR count). The summed E-state index contributed by atoms with van der Waals surface area (Å²) in [6.45, 7) is 3.44. The van der Waals surface area contributed by atoms with E-state index in [0.29, 0.717) is 12.8 Å². The monoisotopic (exact) mass is 217 g/mol. The molecule has 0 spiro atoms. The summed E-state index contributed by atoms with van der Waals surface area (Å²) in [4.78, 5) is 0. The van der Waals surface area contributed by atoms with Gasteiger partial charge in [-0.05, 0) is 27.3 Å². The Morgan fingerprint density at radius 2 is 2.00 bits per heavy atom. The lowest BCUT2D eigenvalue weighted by Gasteiger charge is -2.32. The van der Waals surface area contributed by atoms with Crippen molar-refractivity contribution >= 4 is 9.84 Å². The molecule has 3 nitrogen and oxygen atoms in total. The van der Waals surface area contributed by atoms with Gasteiger partial charge in [0, 0.05) is 18.7 Å². The molecular weight excluding hydrogens is 198 g/mol. The van der Waals surface area contributed by atoms with Crippen LogP contribution in [0.1, 0.15) is 26.7 Å². The first-order valence-corrected chi connectivity index (χ1v) is 6.46. The second-order valence-electron chi connectivity index (χ2n) is 3.96. The smallest absolute Gasteiger partial charge is 0.154 e. The number of terminal acetylenes is 1. The zero-order valence-corrected chi connectivity index (χ0v) is 10.1. The zero-order chi connectivity index (χ0) is 11.4. The third-order valence-electron chi connectivity index (χ3n) is 2.72. The SMILES string of the molecule is C#CCCC(NC)C(C)(C)S(C)(=O)=O. The van der Waals surface area contributed by atoms with Gasteiger partial charge in [-0.15, -0.1) is 12.3 Å². The van der Waals surface area contributed by atoms with Gasteiger partial charge in [0.25, 0.3) is 0 Å². The highest BCUT2D eigenvalue weighted by Crippen LogP contribution is 2.22. The highest BCUT2D eigenvalue weighted by Gasteiger charge is 2.37. The van der Waals surface area contributed by atoms with Gasteiger partial charge < -0.3 is 5.32 Å². The van der Waals surface area contributed by atoms with Crippen molar-refractivity contribution in [2.75, 3.05) is 13.3 Å². The number of hydrogen-bond acceptors (Lipinski definition) is 3. The first-order chi connectivity index (χ1) is 6.27. The van der Waals surface area contributed by atoms with Crippen molar-refractivity contribution in [3.05, 3.63) is 0 Å². The standard InChI is InChI=1S/C10H19NO2S/c1-6-7-8-9(11-4)10(2,3)14(5,12)13/h1,9,11H,7-8H2,2-5H3. The lowest BCUT2D eigenvalue weighted by Crippen LogP contribution is -2.50. The highest BCUT2D eigenvalue weighted by molar-refractivity contribution is 7.92. The van der Waals surface area contributed by atoms with E-state index in [9.17, 15) is 8.42 Å². The molecule has 0 saturated heterocycles. The minimum atomic E-state index is -3.08. The Kier molecular flexibility index (Phi) is 4.63. The third kappa shape index (κ3) is 3.00. The maximum atomic E-state index is 11.5. The van der Waals surface area contributed by atoms with Gasteiger partial charge in [0.05, 0.1) is 4.75 Å². The van der Waals surface area contributed by atoms with Crippen molar-refractivity contribution in [3.63, 3.8) is 0 Å². The van der Waals surface area contributed by atoms with Crippen LogP contribution < -0.4 is 5.32 Å². The Balaban J connectivity index is 4.77. The van der Waals surface area contributed by atoms with Gasteiger partial charge in [-0.25, -0.2) is 8.42 Å². The zero-order valence-electron chi connectivity index (χ0n) is 9.29. The normalized spacial score (nSPS) is 14.8. The van der Waals surface area contributed by atoms with Crippen molar-refractivity contribution < 1.29 is 8.42 Å². The Hall–Kier alpha value is -0.530. The van der Waals surface area contributed by atoms with Crippen LogP contribution >= 0.6 is 0 Å². The molecule has 0 aromatic heterocycles. The lowest BCUT2D eigenvalue weighted by molar-refractivity contribution is 0.415. The average molecular weight is 217 g/mol. The summed E-state index contributed by atoms with van der Waals surface area (Å²) >= 11 is 0. The fourth-order valence-electron chi connectivity index (χ4n) is 1.33. The summed E-state index contributed by atoms with van der Waals surface area (Å²) in [6, 6.07) is -0.103. The van der Waals surface area contributed by atoms with Crippen molar-refractivity contribution in [2.24, 2.45) is 0 Å². The molecule has 14 heavy (non-hydrogen) atoms. The molecule has 0 aliphatic carbocycles. The van der Waals surface area contributed by atoms with E-state index in [4.69, 9.17) is 6.42 Å². The fourth-order valence-corrected chi connectivity index (χ4v) is 2.08. The summed E-state index contributed by atoms with van der Waals surface area (Å²) in [6.07, 6.45) is 7.68. The van der Waals surface area contributed by atoms with Crippen LogP contribution in [0.3, 0.4) is 0 Å². The molecule has 0 aromatic rings. The summed E-state index contributed by atoms with van der Waals surface area (Å²) in [5.41, 5.74) is 0. The quantitative estimate of drug-likeness (QED) is 0.693. The molecule has 0 heterocycles. The highest BCUT2D eigenvalue weighted by atomic mass is 32.2. The average Bonchev–Trinajstić information content (AvgIpc) is 2.03. The molecule has 1 N–H and O–H groups in total. The molecule has 0 saturated carbocycles. The minimum Gasteiger partial charge on any atom is -0.315 e. The first kappa shape index (κ1) is 13.5. The maximum absolute atomic E-state index is 11.5. The van der Waals surface area contributed by atoms with E-state index in [2.05, 4.69) is 11.2 Å². The molecular formula is C10H19NO2S. The van der Waals surface area contributed by atoms with Crippen molar-refractivity contribution in [2.45, 2.75) is 37.5 Å². The van der Waals surface area contributed by atoms with Crippen molar-refractivity contribution in [1.82, 2.24) is 5.32 Å². The van der Waals surface area contributed by atoms with E-state index >= 15 is 0 Å². The molecule has 1 atom stereocenters. The molecule has 4 heteroatoms. The molecule has 0 bridgehead atoms. The molecule has 0 aliphatic rings. The third-order valence-corrected chi connectivity index (χ3v) is 4.92. The topological polar surface area (TPSA) is 46.2 Å². The van der Waals surface area contributed by atoms with Crippen molar-refractivity contribution in [1.29, 1.82) is 0 Å². The van der Waals surface area contributed by atoms with Crippen LogP contribution in [0.25, 0.3) is 0 Å². The molecule has 0 aliphatic heterocycles. The lowest BCUT2D eigenvalue weighted by atomic mass is 9.99. The van der Waals surface area contributed by atoms with Gasteiger partial charge >= 0.3 is 0 Å². The van der Waals surface area contributed by atoms with E-state index in [1.54, 1.807) is 20.9 Å². The number of nitrogens with one attached hydrogen (secondary N) is 1. The van der Waals surface area contributed by atoms with Crippen LogP contribution in [0.4, 0.5) is 0 Å². The van der Waals surface area contributed by atoms with Crippen LogP contribution in [-0.2, 0) is 9.84 Å². The number of sulfone groups is 1. The summed E-state index contributed by atoms with van der Waals surface area (Å²) < 4.78 is 22.3. The second-order valence-corrected chi connectivity index (χ2v) is 6.56. The largest absolute Gasteiger partial charge is 0.315 e. The summed E-state index contributed by atoms with van der Waals surface area (Å²) in [5, 5.41) is 3.01. The number of rotatable bonds is 5. The Morgan fingerprint density at radius 3 is 2.29 bits per heavy atom. The molecule has 0 amide bonds. The van der Waals surface area contributed by atoms with E-state index < -0.39 is 14.6 Å². The molecule has 82 valence electrons. The Labute approximate surface area is 87.2 Å². The van der Waals surface area contributed by atoms with E-state index in [1.165, 1.54) is 6.26 Å². The predicted molar refractivity (Wildman–Crippen MR) is 59.8 cm³/mol. The Bertz CT molecular complexity index is 312. The van der Waals surface area contributed by atoms with Gasteiger partial charge in [0.2, 0.25) is 0 Å². The van der Waals surface area contributed by atoms with Gasteiger partial charge in [-0.1, -0.05) is 0 Å². The van der Waals surface area contributed by atoms with E-state index in [0.717, 1.165) is 0 Å². The van der Waals surface area contributed by atoms with Crippen molar-refractivity contribution in [3.8, 4) is 12.3 Å². The molecule has 1 unspecified atom stereocenters. The van der Waals surface area contributed by atoms with E-state index in [1.807, 2.05) is 0 Å². The summed E-state index contributed by atoms with van der Waals surface area (Å²) in [7, 11) is -1.32. The fraction of sp³-hybridized carbons (Fsp3) is 0.800. The maximum Gasteiger partial charge on any atom is 0.154 e. The van der Waals surface area contributed by atoms with Crippen LogP contribution in [0, 0.1) is 12.3 Å². The van der Waals surface area contributed by atoms with Crippen LogP contribution in [-0.4, -0.2) is 32.5 Å². The molecule has 0 radical (unpaired) electrons. The van der Waals surface area contributed by atoms with Gasteiger partial charge in [0.1, 0.15) is 0 Å². The first-order valence-electron chi connectivity index (χ1n) is 4.57. The minimum absolute atomic E-state index is 0.103. The van der Waals surface area contributed by atoms with Crippen LogP contribution in [0.2, 0.25) is 0 Å². The second kappa shape index (κ2) is 4.81. The summed E-state index contributed by atoms with van der Waals surface area (Å²) in [5.74, 6) is 2.52. The van der Waals surface area contributed by atoms with Crippen LogP contribution in [0.5, 0.6) is 0 Å². The van der Waals surface area contributed by atoms with Gasteiger partial charge in [0.15, 0.2) is 9.84 Å². The molecule has 0 fully saturated rings. The van der Waals surface area contributed by atoms with E-state index in [-0.39, 0.29) is 6.04 Å². The van der Waals surface area contributed by atoms with Gasteiger partial charge in [-0.3, -0.25) is 0 Å². The van der Waals surface area contributed by atoms with Gasteiger partial charge in [-0.2, -0.15) is 0 Å². The van der Waals surface area contributed by atoms with Crippen LogP contribution in [0.15, 0.2) is 0 Å². The number of hydrogen-bond donors (Lipinski definition) is 1. The Morgan fingerprint density at radius 1 is 1.50 bits per heavy atom. The predicted octanol–water partition coefficient (Wildman–Crippen LogP) is 0.811. The molecule has 0 aromatic carbocycles.